The van der Waals surface area contributed by atoms with Crippen LogP contribution in [0.3, 0.4) is 0 Å². The summed E-state index contributed by atoms with van der Waals surface area (Å²) in [5.41, 5.74) is 6.18. The van der Waals surface area contributed by atoms with Gasteiger partial charge >= 0.3 is 17.9 Å². The number of hydrogen-bond donors (Lipinski definition) is 3. The van der Waals surface area contributed by atoms with E-state index < -0.39 is 29.0 Å². The van der Waals surface area contributed by atoms with Gasteiger partial charge in [0.15, 0.2) is 0 Å². The van der Waals surface area contributed by atoms with Crippen LogP contribution in [0.5, 0.6) is 0 Å². The first-order chi connectivity index (χ1) is 16.3. The Morgan fingerprint density at radius 2 is 1.89 bits per heavy atom. The maximum absolute atomic E-state index is 13.3. The van der Waals surface area contributed by atoms with Gasteiger partial charge in [0.25, 0.3) is 0 Å². The van der Waals surface area contributed by atoms with Gasteiger partial charge in [0, 0.05) is 12.7 Å². The molecule has 1 saturated heterocycles. The van der Waals surface area contributed by atoms with Crippen molar-refractivity contribution in [2.24, 2.45) is 5.92 Å². The molecule has 0 aromatic carbocycles. The minimum absolute atomic E-state index is 0.253. The first-order valence-corrected chi connectivity index (χ1v) is 11.6. The standard InChI is InChI=1S/C25H34N6O4/c1-15-9-10-25(6,17-7-8-19(26)27-12-17)31(14-15)22(33)21(32)29-18-11-16(2)20(28-13-18)30-23(34)35-24(3,4)5/h7-8,11-13,15H,9-10,14H2,1-6H3,(H2,26,27)(H,29,32)(H,28,30,34)/t15-,25-/m0/s1. The fourth-order valence-electron chi connectivity index (χ4n) is 4.08. The lowest BCUT2D eigenvalue weighted by Crippen LogP contribution is -2.55. The van der Waals surface area contributed by atoms with Gasteiger partial charge in [-0.15, -0.1) is 0 Å². The summed E-state index contributed by atoms with van der Waals surface area (Å²) in [5, 5.41) is 5.22. The fourth-order valence-corrected chi connectivity index (χ4v) is 4.08. The van der Waals surface area contributed by atoms with E-state index in [1.54, 1.807) is 50.9 Å². The Kier molecular flexibility index (Phi) is 7.33. The molecule has 3 rings (SSSR count). The molecule has 4 N–H and O–H groups in total. The van der Waals surface area contributed by atoms with Crippen LogP contribution >= 0.6 is 0 Å². The molecule has 2 aromatic heterocycles. The molecular weight excluding hydrogens is 448 g/mol. The van der Waals surface area contributed by atoms with Gasteiger partial charge in [-0.05, 0) is 76.6 Å². The number of pyridine rings is 2. The average Bonchev–Trinajstić information content (AvgIpc) is 2.76. The number of amides is 3. The number of carbonyl (C=O) groups excluding carboxylic acids is 3. The third kappa shape index (κ3) is 6.26. The highest BCUT2D eigenvalue weighted by Gasteiger charge is 2.43. The zero-order valence-electron chi connectivity index (χ0n) is 21.1. The summed E-state index contributed by atoms with van der Waals surface area (Å²) in [4.78, 5) is 48.3. The van der Waals surface area contributed by atoms with Crippen LogP contribution in [0.4, 0.5) is 22.1 Å². The predicted octanol–water partition coefficient (Wildman–Crippen LogP) is 3.83. The van der Waals surface area contributed by atoms with Gasteiger partial charge in [0.2, 0.25) is 0 Å². The summed E-state index contributed by atoms with van der Waals surface area (Å²) < 4.78 is 5.24. The van der Waals surface area contributed by atoms with Crippen molar-refractivity contribution in [2.45, 2.75) is 65.5 Å². The van der Waals surface area contributed by atoms with E-state index in [9.17, 15) is 14.4 Å². The van der Waals surface area contributed by atoms with Crippen LogP contribution in [0, 0.1) is 12.8 Å². The van der Waals surface area contributed by atoms with Crippen LogP contribution in [0.25, 0.3) is 0 Å². The van der Waals surface area contributed by atoms with Crippen molar-refractivity contribution in [3.8, 4) is 0 Å². The molecule has 1 fully saturated rings. The lowest BCUT2D eigenvalue weighted by atomic mass is 9.79. The van der Waals surface area contributed by atoms with Crippen molar-refractivity contribution in [3.63, 3.8) is 0 Å². The van der Waals surface area contributed by atoms with E-state index in [1.807, 2.05) is 13.0 Å². The number of nitrogens with one attached hydrogen (secondary N) is 2. The molecule has 1 aliphatic rings. The largest absolute Gasteiger partial charge is 0.444 e. The van der Waals surface area contributed by atoms with Gasteiger partial charge in [0.1, 0.15) is 17.2 Å². The predicted molar refractivity (Wildman–Crippen MR) is 134 cm³/mol. The summed E-state index contributed by atoms with van der Waals surface area (Å²) in [6.07, 6.45) is 4.03. The molecule has 2 aromatic rings. The summed E-state index contributed by atoms with van der Waals surface area (Å²) in [6.45, 7) is 11.5. The molecule has 0 radical (unpaired) electrons. The number of nitrogen functional groups attached to an aromatic ring is 1. The molecule has 10 heteroatoms. The van der Waals surface area contributed by atoms with E-state index in [0.717, 1.165) is 12.0 Å². The maximum atomic E-state index is 13.3. The zero-order chi connectivity index (χ0) is 26.0. The van der Waals surface area contributed by atoms with E-state index in [4.69, 9.17) is 10.5 Å². The number of piperidine rings is 1. The molecule has 3 amide bonds. The molecule has 0 unspecified atom stereocenters. The highest BCUT2D eigenvalue weighted by atomic mass is 16.6. The number of carbonyl (C=O) groups is 3. The number of aromatic nitrogens is 2. The molecule has 0 saturated carbocycles. The van der Waals surface area contributed by atoms with E-state index in [1.165, 1.54) is 6.20 Å². The molecular formula is C25H34N6O4. The van der Waals surface area contributed by atoms with Gasteiger partial charge < -0.3 is 20.7 Å². The number of aryl methyl sites for hydroxylation is 1. The minimum atomic E-state index is -0.761. The number of ether oxygens (including phenoxy) is 1. The summed E-state index contributed by atoms with van der Waals surface area (Å²) in [5.74, 6) is -0.447. The Morgan fingerprint density at radius 3 is 2.49 bits per heavy atom. The second-order valence-electron chi connectivity index (χ2n) is 10.3. The first-order valence-electron chi connectivity index (χ1n) is 11.6. The van der Waals surface area contributed by atoms with E-state index in [0.29, 0.717) is 35.9 Å². The van der Waals surface area contributed by atoms with E-state index in [2.05, 4.69) is 27.5 Å². The monoisotopic (exact) mass is 482 g/mol. The van der Waals surface area contributed by atoms with Crippen molar-refractivity contribution in [3.05, 3.63) is 41.7 Å². The number of anilines is 3. The van der Waals surface area contributed by atoms with Gasteiger partial charge in [-0.1, -0.05) is 13.0 Å². The SMILES string of the molecule is Cc1cc(NC(=O)C(=O)N2C[C@@H](C)CC[C@@]2(C)c2ccc(N)nc2)cnc1NC(=O)OC(C)(C)C. The Hall–Kier alpha value is -3.69. The van der Waals surface area contributed by atoms with Crippen molar-refractivity contribution < 1.29 is 19.1 Å². The molecule has 2 atom stereocenters. The number of likely N-dealkylation sites (tertiary alicyclic amines) is 1. The summed E-state index contributed by atoms with van der Waals surface area (Å²) in [6, 6.07) is 5.18. The molecule has 1 aliphatic heterocycles. The second-order valence-corrected chi connectivity index (χ2v) is 10.3. The van der Waals surface area contributed by atoms with Crippen LogP contribution in [-0.2, 0) is 19.9 Å². The van der Waals surface area contributed by atoms with Crippen LogP contribution in [0.15, 0.2) is 30.6 Å². The van der Waals surface area contributed by atoms with Gasteiger partial charge in [-0.2, -0.15) is 0 Å². The third-order valence-electron chi connectivity index (χ3n) is 6.02. The zero-order valence-corrected chi connectivity index (χ0v) is 21.1. The summed E-state index contributed by atoms with van der Waals surface area (Å²) >= 11 is 0. The third-order valence-corrected chi connectivity index (χ3v) is 6.02. The Balaban J connectivity index is 1.75. The highest BCUT2D eigenvalue weighted by Crippen LogP contribution is 2.39. The molecule has 0 aliphatic carbocycles. The number of nitrogens with two attached hydrogens (primary N) is 1. The normalized spacial score (nSPS) is 20.2. The highest BCUT2D eigenvalue weighted by molar-refractivity contribution is 6.39. The lowest BCUT2D eigenvalue weighted by Gasteiger charge is -2.46. The van der Waals surface area contributed by atoms with Crippen LogP contribution < -0.4 is 16.4 Å². The van der Waals surface area contributed by atoms with Gasteiger partial charge in [0.05, 0.1) is 17.4 Å². The minimum Gasteiger partial charge on any atom is -0.444 e. The number of nitrogens with zero attached hydrogens (tertiary/aromatic N) is 3. The molecule has 3 heterocycles. The molecule has 35 heavy (non-hydrogen) atoms. The Morgan fingerprint density at radius 1 is 1.17 bits per heavy atom. The van der Waals surface area contributed by atoms with Gasteiger partial charge in [-0.3, -0.25) is 14.9 Å². The maximum Gasteiger partial charge on any atom is 0.413 e. The average molecular weight is 483 g/mol. The Labute approximate surface area is 205 Å². The second kappa shape index (κ2) is 9.89. The molecule has 188 valence electrons. The van der Waals surface area contributed by atoms with Crippen molar-refractivity contribution >= 4 is 35.2 Å². The molecule has 10 nitrogen and oxygen atoms in total. The van der Waals surface area contributed by atoms with Crippen molar-refractivity contribution in [1.29, 1.82) is 0 Å². The van der Waals surface area contributed by atoms with Gasteiger partial charge in [-0.25, -0.2) is 14.8 Å². The number of hydrogen-bond acceptors (Lipinski definition) is 7. The molecule has 0 spiro atoms. The van der Waals surface area contributed by atoms with E-state index in [-0.39, 0.29) is 5.92 Å². The lowest BCUT2D eigenvalue weighted by molar-refractivity contribution is -0.150. The van der Waals surface area contributed by atoms with Crippen molar-refractivity contribution in [2.75, 3.05) is 22.9 Å². The Bertz CT molecular complexity index is 1110. The quantitative estimate of drug-likeness (QED) is 0.565. The summed E-state index contributed by atoms with van der Waals surface area (Å²) in [7, 11) is 0. The van der Waals surface area contributed by atoms with Crippen molar-refractivity contribution in [1.82, 2.24) is 14.9 Å². The van der Waals surface area contributed by atoms with Crippen LogP contribution in [-0.4, -0.2) is 44.9 Å². The smallest absolute Gasteiger partial charge is 0.413 e. The topological polar surface area (TPSA) is 140 Å². The van der Waals surface area contributed by atoms with E-state index >= 15 is 0 Å². The van der Waals surface area contributed by atoms with Crippen LogP contribution in [0.2, 0.25) is 0 Å². The number of rotatable bonds is 3. The fraction of sp³-hybridized carbons (Fsp3) is 0.480. The first kappa shape index (κ1) is 25.9. The van der Waals surface area contributed by atoms with Crippen LogP contribution in [0.1, 0.15) is 58.6 Å². The molecule has 0 bridgehead atoms.